The van der Waals surface area contributed by atoms with Crippen LogP contribution in [0.15, 0.2) is 21.3 Å². The number of halogens is 6. The minimum atomic E-state index is -0.619. The highest BCUT2D eigenvalue weighted by molar-refractivity contribution is 9.11. The Morgan fingerprint density at radius 3 is 1.37 bits per heavy atom. The largest absolute Gasteiger partial charge is 0.481 e. The molecule has 4 fully saturated rings. The van der Waals surface area contributed by atoms with Gasteiger partial charge in [0.05, 0.1) is 14.9 Å². The second-order valence-electron chi connectivity index (χ2n) is 17.0. The highest BCUT2D eigenvalue weighted by Gasteiger charge is 2.29. The number of anilines is 1. The smallest absolute Gasteiger partial charge is 0.306 e. The molecule has 21 heteroatoms. The van der Waals surface area contributed by atoms with Gasteiger partial charge in [0.25, 0.3) is 0 Å². The normalized spacial score (nSPS) is 14.9. The van der Waals surface area contributed by atoms with Gasteiger partial charge in [-0.1, -0.05) is 64.0 Å². The van der Waals surface area contributed by atoms with Crippen molar-refractivity contribution in [1.29, 1.82) is 0 Å². The van der Waals surface area contributed by atoms with Gasteiger partial charge >= 0.3 is 5.97 Å². The Hall–Kier alpha value is -2.12. The molecule has 4 aliphatic carbocycles. The van der Waals surface area contributed by atoms with Gasteiger partial charge in [-0.2, -0.15) is 4.98 Å². The number of unbranched alkanes of at least 4 members (excludes halogenated alkanes) is 2. The van der Waals surface area contributed by atoms with Crippen LogP contribution in [-0.2, 0) is 19.2 Å². The number of hydrogen-bond donors (Lipinski definition) is 4. The molecule has 3 amide bonds. The third-order valence-corrected chi connectivity index (χ3v) is 13.7. The quantitative estimate of drug-likeness (QED) is 0.0627. The van der Waals surface area contributed by atoms with Crippen LogP contribution in [0, 0.1) is 23.7 Å². The molecular weight excluding hydrogens is 1070 g/mol. The maximum Gasteiger partial charge on any atom is 0.306 e. The molecule has 0 aliphatic heterocycles. The first-order valence-electron chi connectivity index (χ1n) is 23.6. The predicted octanol–water partition coefficient (Wildman–Crippen LogP) is 10.4. The molecule has 0 unspecified atom stereocenters. The first kappa shape index (κ1) is 64.9. The molecule has 2 heterocycles. The van der Waals surface area contributed by atoms with Gasteiger partial charge in [0, 0.05) is 77.5 Å². The molecule has 6 rings (SSSR count). The highest BCUT2D eigenvalue weighted by Crippen LogP contribution is 2.30. The first-order valence-corrected chi connectivity index (χ1v) is 26.3. The minimum absolute atomic E-state index is 0. The van der Waals surface area contributed by atoms with E-state index in [2.05, 4.69) is 76.3 Å². The van der Waals surface area contributed by atoms with E-state index in [1.807, 2.05) is 42.9 Å². The van der Waals surface area contributed by atoms with Crippen molar-refractivity contribution in [3.63, 3.8) is 0 Å². The summed E-state index contributed by atoms with van der Waals surface area (Å²) in [5.41, 5.74) is 5.36. The van der Waals surface area contributed by atoms with E-state index in [1.54, 1.807) is 6.20 Å². The average Bonchev–Trinajstić information content (AvgIpc) is 3.20. The van der Waals surface area contributed by atoms with Crippen molar-refractivity contribution >= 4 is 109 Å². The lowest BCUT2D eigenvalue weighted by molar-refractivity contribution is -0.144. The molecule has 15 nitrogen and oxygen atoms in total. The molecule has 2 aromatic rings. The maximum absolute atomic E-state index is 11.9. The third kappa shape index (κ3) is 27.8. The summed E-state index contributed by atoms with van der Waals surface area (Å²) < 4.78 is 1.43. The summed E-state index contributed by atoms with van der Waals surface area (Å²) in [5, 5.41) is 15.2. The summed E-state index contributed by atoms with van der Waals surface area (Å²) in [4.78, 5) is 65.8. The Morgan fingerprint density at radius 1 is 0.657 bits per heavy atom. The molecule has 4 aliphatic rings. The van der Waals surface area contributed by atoms with Crippen molar-refractivity contribution in [2.45, 2.75) is 129 Å². The van der Waals surface area contributed by atoms with Crippen molar-refractivity contribution in [2.75, 3.05) is 72.8 Å². The lowest BCUT2D eigenvalue weighted by atomic mass is 9.84. The van der Waals surface area contributed by atoms with E-state index in [1.165, 1.54) is 44.7 Å². The molecule has 0 saturated heterocycles. The summed E-state index contributed by atoms with van der Waals surface area (Å²) in [6, 6.07) is 0. The Labute approximate surface area is 438 Å². The van der Waals surface area contributed by atoms with Crippen molar-refractivity contribution in [2.24, 2.45) is 29.4 Å². The van der Waals surface area contributed by atoms with Crippen LogP contribution < -0.4 is 16.4 Å². The summed E-state index contributed by atoms with van der Waals surface area (Å²) >= 11 is 23.1. The van der Waals surface area contributed by atoms with Crippen molar-refractivity contribution in [1.82, 2.24) is 40.0 Å². The van der Waals surface area contributed by atoms with E-state index in [0.717, 1.165) is 114 Å². The Bertz CT molecular complexity index is 1660. The van der Waals surface area contributed by atoms with E-state index in [9.17, 15) is 19.2 Å². The SMILES string of the molecule is CCCCN(C)C(=O)C1CCC1.CCCCNC.CN(CCCN)C(=O)C1CCC1.CN(CCCNc1nc(Cl)ncc1Br)C(=O)C1CCC1.Cl.Clc1ncc(Br)c(Cl)n1.O=C(O)C1CCC1. The summed E-state index contributed by atoms with van der Waals surface area (Å²) in [5.74, 6) is 1.98. The minimum Gasteiger partial charge on any atom is -0.481 e. The number of aliphatic carboxylic acids is 1. The number of carboxylic acid groups (broad SMARTS) is 1. The lowest BCUT2D eigenvalue weighted by Gasteiger charge is -2.29. The van der Waals surface area contributed by atoms with Gasteiger partial charge in [-0.15, -0.1) is 12.4 Å². The number of nitrogens with zero attached hydrogens (tertiary/aromatic N) is 7. The van der Waals surface area contributed by atoms with E-state index in [4.69, 9.17) is 45.6 Å². The van der Waals surface area contributed by atoms with Gasteiger partial charge < -0.3 is 36.2 Å². The average molecular weight is 1150 g/mol. The van der Waals surface area contributed by atoms with E-state index in [0.29, 0.717) is 45.6 Å². The van der Waals surface area contributed by atoms with Gasteiger partial charge in [0.15, 0.2) is 0 Å². The number of aromatic nitrogens is 4. The molecule has 0 atom stereocenters. The van der Waals surface area contributed by atoms with Crippen molar-refractivity contribution < 1.29 is 24.3 Å². The number of hydrogen-bond acceptors (Lipinski definition) is 11. The molecule has 0 bridgehead atoms. The summed E-state index contributed by atoms with van der Waals surface area (Å²) in [7, 11) is 7.65. The number of nitrogens with two attached hydrogens (primary N) is 1. The van der Waals surface area contributed by atoms with Crippen LogP contribution in [0.5, 0.6) is 0 Å². The number of carbonyl (C=O) groups excluding carboxylic acids is 3. The molecule has 4 saturated carbocycles. The number of carbonyl (C=O) groups is 4. The molecule has 0 spiro atoms. The molecule has 384 valence electrons. The zero-order chi connectivity index (χ0) is 49.4. The van der Waals surface area contributed by atoms with Gasteiger partial charge in [0.1, 0.15) is 11.0 Å². The van der Waals surface area contributed by atoms with Crippen LogP contribution in [0.1, 0.15) is 129 Å². The van der Waals surface area contributed by atoms with Crippen LogP contribution >= 0.6 is 79.1 Å². The van der Waals surface area contributed by atoms with Crippen molar-refractivity contribution in [3.05, 3.63) is 37.1 Å². The third-order valence-electron chi connectivity index (χ3n) is 11.6. The zero-order valence-corrected chi connectivity index (χ0v) is 46.8. The lowest BCUT2D eigenvalue weighted by Crippen LogP contribution is -2.37. The van der Waals surface area contributed by atoms with Crippen LogP contribution in [0.25, 0.3) is 0 Å². The topological polar surface area (TPSA) is 200 Å². The standard InChI is InChI=1S/C13H18BrClN4O.C10H19NO.C9H18N2O.C5H13N.C5H8O2.C4HBrCl2N2.ClH/c1-19(12(20)9-4-2-5-9)7-3-6-16-11-10(14)8-17-13(15)18-11;1-3-4-8-11(2)10(12)9-6-5-7-9;1-11(7-3-6-10)9(12)8-4-2-5-8;1-3-4-5-6-2;6-5(7)4-2-1-3-4;5-2-1-8-4(7)9-3(2)6;/h8-9H,2-7H2,1H3,(H,16,17,18);9H,3-8H2,1-2H3;8H,2-7,10H2,1H3;6H,3-5H2,1-2H3;4H,1-3H2,(H,6,7);1H;1H. The Balaban J connectivity index is 0.000000816. The van der Waals surface area contributed by atoms with Gasteiger partial charge in [-0.25, -0.2) is 15.0 Å². The monoisotopic (exact) mass is 1150 g/mol. The van der Waals surface area contributed by atoms with E-state index in [-0.39, 0.29) is 40.7 Å². The summed E-state index contributed by atoms with van der Waals surface area (Å²) in [6.07, 6.45) is 22.9. The first-order chi connectivity index (χ1) is 31.5. The Kier molecular flexibility index (Phi) is 37.4. The van der Waals surface area contributed by atoms with Crippen LogP contribution in [0.4, 0.5) is 5.82 Å². The van der Waals surface area contributed by atoms with Gasteiger partial charge in [-0.3, -0.25) is 19.2 Å². The van der Waals surface area contributed by atoms with Crippen LogP contribution in [0.2, 0.25) is 15.7 Å². The van der Waals surface area contributed by atoms with Gasteiger partial charge in [-0.05, 0) is 152 Å². The molecule has 0 radical (unpaired) electrons. The fraction of sp³-hybridized carbons (Fsp3) is 0.739. The molecule has 5 N–H and O–H groups in total. The number of amides is 3. The zero-order valence-electron chi connectivity index (χ0n) is 40.5. The van der Waals surface area contributed by atoms with Crippen LogP contribution in [0.3, 0.4) is 0 Å². The van der Waals surface area contributed by atoms with E-state index >= 15 is 0 Å². The second-order valence-corrected chi connectivity index (χ2v) is 19.7. The fourth-order valence-electron chi connectivity index (χ4n) is 6.28. The van der Waals surface area contributed by atoms with E-state index < -0.39 is 5.97 Å². The van der Waals surface area contributed by atoms with Gasteiger partial charge in [0.2, 0.25) is 28.3 Å². The molecular formula is C46H78Br2Cl4N10O5. The number of nitrogens with one attached hydrogen (secondary N) is 2. The predicted molar refractivity (Wildman–Crippen MR) is 282 cm³/mol. The number of carboxylic acids is 1. The number of rotatable bonds is 18. The summed E-state index contributed by atoms with van der Waals surface area (Å²) in [6.45, 7) is 9.41. The van der Waals surface area contributed by atoms with Crippen LogP contribution in [-0.4, -0.2) is 131 Å². The fourth-order valence-corrected chi connectivity index (χ4v) is 7.24. The second kappa shape index (κ2) is 38.6. The molecule has 2 aromatic heterocycles. The Morgan fingerprint density at radius 2 is 1.06 bits per heavy atom. The molecule has 67 heavy (non-hydrogen) atoms. The molecule has 0 aromatic carbocycles. The maximum atomic E-state index is 11.9. The highest BCUT2D eigenvalue weighted by atomic mass is 79.9. The van der Waals surface area contributed by atoms with Crippen molar-refractivity contribution in [3.8, 4) is 0 Å².